The summed E-state index contributed by atoms with van der Waals surface area (Å²) in [4.78, 5) is 9.15. The first-order valence-electron chi connectivity index (χ1n) is 5.02. The maximum absolute atomic E-state index is 5.91. The molecule has 5 nitrogen and oxygen atoms in total. The highest BCUT2D eigenvalue weighted by Crippen LogP contribution is 2.29. The van der Waals surface area contributed by atoms with Gasteiger partial charge in [0.2, 0.25) is 5.82 Å². The number of benzene rings is 1. The van der Waals surface area contributed by atoms with E-state index in [2.05, 4.69) is 31.1 Å². The minimum atomic E-state index is 0.406. The van der Waals surface area contributed by atoms with Gasteiger partial charge < -0.3 is 10.3 Å². The highest BCUT2D eigenvalue weighted by atomic mass is 79.9. The monoisotopic (exact) mass is 322 g/mol. The zero-order valence-corrected chi connectivity index (χ0v) is 11.4. The number of halogens is 1. The molecule has 0 fully saturated rings. The van der Waals surface area contributed by atoms with Crippen LogP contribution in [0, 0.1) is 0 Å². The van der Waals surface area contributed by atoms with Crippen molar-refractivity contribution in [2.24, 2.45) is 0 Å². The van der Waals surface area contributed by atoms with Crippen molar-refractivity contribution in [3.63, 3.8) is 0 Å². The molecule has 90 valence electrons. The van der Waals surface area contributed by atoms with Crippen molar-refractivity contribution in [3.8, 4) is 22.2 Å². The lowest BCUT2D eigenvalue weighted by molar-refractivity contribution is 0.432. The van der Waals surface area contributed by atoms with Crippen LogP contribution in [0.2, 0.25) is 0 Å². The molecule has 0 bridgehead atoms. The summed E-state index contributed by atoms with van der Waals surface area (Å²) in [5, 5.41) is 3.92. The largest absolute Gasteiger partial charge is 0.398 e. The SMILES string of the molecule is Nc1cc(Br)ccc1-c1nc(-c2cncs2)no1. The van der Waals surface area contributed by atoms with E-state index in [-0.39, 0.29) is 0 Å². The fourth-order valence-corrected chi connectivity index (χ4v) is 2.41. The van der Waals surface area contributed by atoms with Gasteiger partial charge in [0.1, 0.15) is 0 Å². The van der Waals surface area contributed by atoms with Crippen molar-refractivity contribution in [1.82, 2.24) is 15.1 Å². The number of nitrogens with zero attached hydrogens (tertiary/aromatic N) is 3. The molecule has 1 aromatic carbocycles. The summed E-state index contributed by atoms with van der Waals surface area (Å²) in [6, 6.07) is 5.51. The molecule has 18 heavy (non-hydrogen) atoms. The second-order valence-corrected chi connectivity index (χ2v) is 5.32. The van der Waals surface area contributed by atoms with Crippen molar-refractivity contribution in [3.05, 3.63) is 34.4 Å². The van der Waals surface area contributed by atoms with E-state index in [1.807, 2.05) is 12.1 Å². The van der Waals surface area contributed by atoms with Crippen LogP contribution in [0.1, 0.15) is 0 Å². The zero-order chi connectivity index (χ0) is 12.5. The molecule has 0 atom stereocenters. The van der Waals surface area contributed by atoms with Gasteiger partial charge in [0.25, 0.3) is 5.89 Å². The summed E-state index contributed by atoms with van der Waals surface area (Å²) in [7, 11) is 0. The summed E-state index contributed by atoms with van der Waals surface area (Å²) >= 11 is 4.81. The Morgan fingerprint density at radius 3 is 2.94 bits per heavy atom. The number of hydrogen-bond donors (Lipinski definition) is 1. The van der Waals surface area contributed by atoms with Gasteiger partial charge in [0, 0.05) is 16.4 Å². The van der Waals surface area contributed by atoms with E-state index >= 15 is 0 Å². The molecule has 3 aromatic rings. The van der Waals surface area contributed by atoms with E-state index in [4.69, 9.17) is 10.3 Å². The summed E-state index contributed by atoms with van der Waals surface area (Å²) < 4.78 is 6.13. The first kappa shape index (κ1) is 11.4. The number of aromatic nitrogens is 3. The van der Waals surface area contributed by atoms with Crippen molar-refractivity contribution in [1.29, 1.82) is 0 Å². The highest BCUT2D eigenvalue weighted by molar-refractivity contribution is 9.10. The van der Waals surface area contributed by atoms with Gasteiger partial charge >= 0.3 is 0 Å². The number of rotatable bonds is 2. The summed E-state index contributed by atoms with van der Waals surface area (Å²) in [6.07, 6.45) is 1.70. The molecule has 7 heteroatoms. The first-order chi connectivity index (χ1) is 8.74. The van der Waals surface area contributed by atoms with Crippen LogP contribution in [0.4, 0.5) is 5.69 Å². The Morgan fingerprint density at radius 1 is 1.33 bits per heavy atom. The Kier molecular flexibility index (Phi) is 2.85. The van der Waals surface area contributed by atoms with Gasteiger partial charge in [-0.15, -0.1) is 11.3 Å². The van der Waals surface area contributed by atoms with Gasteiger partial charge in [-0.2, -0.15) is 4.98 Å². The Balaban J connectivity index is 2.03. The zero-order valence-electron chi connectivity index (χ0n) is 9.00. The average Bonchev–Trinajstić information content (AvgIpc) is 2.99. The third kappa shape index (κ3) is 2.02. The molecule has 2 N–H and O–H groups in total. The number of anilines is 1. The first-order valence-corrected chi connectivity index (χ1v) is 6.69. The van der Waals surface area contributed by atoms with E-state index in [0.717, 1.165) is 14.9 Å². The summed E-state index contributed by atoms with van der Waals surface area (Å²) in [6.45, 7) is 0. The minimum absolute atomic E-state index is 0.406. The quantitative estimate of drug-likeness (QED) is 0.733. The number of thiazole rings is 1. The van der Waals surface area contributed by atoms with Gasteiger partial charge in [-0.25, -0.2) is 0 Å². The Morgan fingerprint density at radius 2 is 2.22 bits per heavy atom. The van der Waals surface area contributed by atoms with Crippen LogP contribution in [0.15, 0.2) is 38.9 Å². The minimum Gasteiger partial charge on any atom is -0.398 e. The molecule has 0 aliphatic rings. The second kappa shape index (κ2) is 4.51. The predicted molar refractivity (Wildman–Crippen MR) is 73.0 cm³/mol. The van der Waals surface area contributed by atoms with Crippen molar-refractivity contribution in [2.45, 2.75) is 0 Å². The molecule has 0 aliphatic carbocycles. The Bertz CT molecular complexity index is 680. The van der Waals surface area contributed by atoms with Crippen LogP contribution < -0.4 is 5.73 Å². The average molecular weight is 323 g/mol. The lowest BCUT2D eigenvalue weighted by atomic mass is 10.2. The van der Waals surface area contributed by atoms with Crippen LogP contribution >= 0.6 is 27.3 Å². The number of nitrogen functional groups attached to an aromatic ring is 1. The highest BCUT2D eigenvalue weighted by Gasteiger charge is 2.13. The third-order valence-corrected chi connectivity index (χ3v) is 3.59. The second-order valence-electron chi connectivity index (χ2n) is 3.52. The van der Waals surface area contributed by atoms with Crippen LogP contribution in [0.5, 0.6) is 0 Å². The molecule has 0 saturated heterocycles. The number of hydrogen-bond acceptors (Lipinski definition) is 6. The third-order valence-electron chi connectivity index (χ3n) is 2.32. The molecule has 0 amide bonds. The fourth-order valence-electron chi connectivity index (χ4n) is 1.49. The molecular weight excluding hydrogens is 316 g/mol. The maximum Gasteiger partial charge on any atom is 0.260 e. The van der Waals surface area contributed by atoms with E-state index in [1.165, 1.54) is 11.3 Å². The van der Waals surface area contributed by atoms with E-state index in [0.29, 0.717) is 17.4 Å². The maximum atomic E-state index is 5.91. The van der Waals surface area contributed by atoms with E-state index < -0.39 is 0 Å². The van der Waals surface area contributed by atoms with Crippen molar-refractivity contribution < 1.29 is 4.52 Å². The molecule has 0 aliphatic heterocycles. The van der Waals surface area contributed by atoms with Crippen LogP contribution in [0.25, 0.3) is 22.2 Å². The molecule has 2 aromatic heterocycles. The smallest absolute Gasteiger partial charge is 0.260 e. The topological polar surface area (TPSA) is 77.8 Å². The molecule has 0 spiro atoms. The summed E-state index contributed by atoms with van der Waals surface area (Å²) in [5.41, 5.74) is 8.95. The van der Waals surface area contributed by atoms with Crippen LogP contribution in [-0.2, 0) is 0 Å². The Hall–Kier alpha value is -1.73. The van der Waals surface area contributed by atoms with Crippen molar-refractivity contribution >= 4 is 33.0 Å². The standard InChI is InChI=1S/C11H7BrN4OS/c12-6-1-2-7(8(13)3-6)11-15-10(16-17-11)9-4-14-5-18-9/h1-5H,13H2. The van der Waals surface area contributed by atoms with Gasteiger partial charge in [0.15, 0.2) is 0 Å². The normalized spacial score (nSPS) is 10.7. The molecule has 0 unspecified atom stereocenters. The lowest BCUT2D eigenvalue weighted by Crippen LogP contribution is -1.89. The number of nitrogens with two attached hydrogens (primary N) is 1. The van der Waals surface area contributed by atoms with Gasteiger partial charge in [-0.05, 0) is 18.2 Å². The Labute approximate surface area is 115 Å². The molecular formula is C11H7BrN4OS. The van der Waals surface area contributed by atoms with E-state index in [9.17, 15) is 0 Å². The molecule has 0 radical (unpaired) electrons. The molecule has 2 heterocycles. The fraction of sp³-hybridized carbons (Fsp3) is 0. The predicted octanol–water partition coefficient (Wildman–Crippen LogP) is 3.20. The molecule has 3 rings (SSSR count). The van der Waals surface area contributed by atoms with Crippen molar-refractivity contribution in [2.75, 3.05) is 5.73 Å². The van der Waals surface area contributed by atoms with Crippen LogP contribution in [-0.4, -0.2) is 15.1 Å². The lowest BCUT2D eigenvalue weighted by Gasteiger charge is -2.00. The van der Waals surface area contributed by atoms with Crippen LogP contribution in [0.3, 0.4) is 0 Å². The van der Waals surface area contributed by atoms with Gasteiger partial charge in [-0.1, -0.05) is 21.1 Å². The van der Waals surface area contributed by atoms with E-state index in [1.54, 1.807) is 17.8 Å². The summed E-state index contributed by atoms with van der Waals surface area (Å²) in [5.74, 6) is 0.929. The van der Waals surface area contributed by atoms with Gasteiger partial charge in [-0.3, -0.25) is 4.98 Å². The van der Waals surface area contributed by atoms with Gasteiger partial charge in [0.05, 0.1) is 16.0 Å². The molecule has 0 saturated carbocycles.